The quantitative estimate of drug-likeness (QED) is 0.272. The number of methoxy groups -OCH3 is 2. The van der Waals surface area contributed by atoms with Gasteiger partial charge in [0.05, 0.1) is 30.3 Å². The Kier molecular flexibility index (Phi) is 12.6. The maximum Gasteiger partial charge on any atom is 0.264 e. The summed E-state index contributed by atoms with van der Waals surface area (Å²) >= 11 is 6.35. The third-order valence-electron chi connectivity index (χ3n) is 9.94. The average molecular weight is 689 g/mol. The van der Waals surface area contributed by atoms with Gasteiger partial charge < -0.3 is 23.8 Å². The molecule has 0 radical (unpaired) electrons. The summed E-state index contributed by atoms with van der Waals surface area (Å²) in [5.74, 6) is 0.488. The number of rotatable bonds is 7. The first-order valence-corrected chi connectivity index (χ1v) is 18.7. The summed E-state index contributed by atoms with van der Waals surface area (Å²) in [7, 11) is -0.710. The molecule has 1 amide bonds. The van der Waals surface area contributed by atoms with Crippen LogP contribution >= 0.6 is 11.6 Å². The molecule has 2 aromatic carbocycles. The van der Waals surface area contributed by atoms with Gasteiger partial charge in [-0.3, -0.25) is 4.79 Å². The first kappa shape index (κ1) is 35.7. The number of amides is 1. The normalized spacial score (nSPS) is 27.2. The van der Waals surface area contributed by atoms with E-state index in [0.717, 1.165) is 56.4 Å². The summed E-state index contributed by atoms with van der Waals surface area (Å²) in [5, 5.41) is -0.124. The molecule has 1 fully saturated rings. The van der Waals surface area contributed by atoms with Crippen LogP contribution in [0.2, 0.25) is 5.02 Å². The molecule has 3 aliphatic rings. The number of nitrogens with one attached hydrogen (secondary N) is 1. The number of anilines is 1. The van der Waals surface area contributed by atoms with E-state index in [1.807, 2.05) is 31.2 Å². The zero-order chi connectivity index (χ0) is 33.4. The molecule has 5 atom stereocenters. The van der Waals surface area contributed by atoms with Gasteiger partial charge in [0.2, 0.25) is 10.0 Å². The Morgan fingerprint density at radius 2 is 1.89 bits per heavy atom. The van der Waals surface area contributed by atoms with Crippen LogP contribution < -0.4 is 14.4 Å². The van der Waals surface area contributed by atoms with Gasteiger partial charge in [-0.1, -0.05) is 36.7 Å². The van der Waals surface area contributed by atoms with E-state index in [1.165, 1.54) is 5.56 Å². The minimum atomic E-state index is -4.05. The van der Waals surface area contributed by atoms with Crippen LogP contribution in [0, 0.1) is 17.8 Å². The molecule has 1 saturated carbocycles. The lowest BCUT2D eigenvalue weighted by atomic mass is 9.70. The zero-order valence-electron chi connectivity index (χ0n) is 27.8. The van der Waals surface area contributed by atoms with Gasteiger partial charge in [-0.25, -0.2) is 13.1 Å². The van der Waals surface area contributed by atoms with Crippen molar-refractivity contribution >= 4 is 33.2 Å². The summed E-state index contributed by atoms with van der Waals surface area (Å²) in [6.07, 6.45) is 9.83. The van der Waals surface area contributed by atoms with Crippen molar-refractivity contribution in [1.82, 2.24) is 4.72 Å². The van der Waals surface area contributed by atoms with Crippen molar-refractivity contribution in [2.24, 2.45) is 17.8 Å². The molecule has 0 saturated heterocycles. The average Bonchev–Trinajstić information content (AvgIpc) is 3.06. The van der Waals surface area contributed by atoms with Crippen molar-refractivity contribution < 1.29 is 32.2 Å². The predicted molar refractivity (Wildman–Crippen MR) is 185 cm³/mol. The lowest BCUT2D eigenvalue weighted by molar-refractivity contribution is 0.0134. The first-order valence-electron chi connectivity index (χ1n) is 16.8. The second-order valence-electron chi connectivity index (χ2n) is 13.0. The highest BCUT2D eigenvalue weighted by atomic mass is 35.5. The lowest BCUT2D eigenvalue weighted by Crippen LogP contribution is -2.44. The van der Waals surface area contributed by atoms with E-state index >= 15 is 0 Å². The van der Waals surface area contributed by atoms with E-state index < -0.39 is 21.2 Å². The Morgan fingerprint density at radius 1 is 1.04 bits per heavy atom. The number of benzene rings is 2. The molecule has 11 heteroatoms. The third-order valence-corrected chi connectivity index (χ3v) is 12.1. The SMILES string of the molecule is COCCOCCC1[C@@H](C)C/C=C/[C@H](OC)[C@@H]2CC[C@H]2CN2CCCCc3cc(Cl)ccc3COc3ccc(cc32)C(=O)NS1(=O)=O. The minimum absolute atomic E-state index is 0.0637. The molecule has 1 N–H and O–H groups in total. The van der Waals surface area contributed by atoms with Gasteiger partial charge in [-0.15, -0.1) is 0 Å². The Labute approximate surface area is 285 Å². The van der Waals surface area contributed by atoms with Crippen LogP contribution in [-0.4, -0.2) is 72.8 Å². The van der Waals surface area contributed by atoms with Crippen LogP contribution in [0.1, 0.15) is 66.9 Å². The van der Waals surface area contributed by atoms with Gasteiger partial charge >= 0.3 is 0 Å². The number of sulfonamides is 1. The fourth-order valence-corrected chi connectivity index (χ4v) is 8.90. The Balaban J connectivity index is 1.50. The highest BCUT2D eigenvalue weighted by Gasteiger charge is 2.38. The number of allylic oxidation sites excluding steroid dienone is 1. The van der Waals surface area contributed by atoms with Crippen molar-refractivity contribution in [2.75, 3.05) is 52.0 Å². The van der Waals surface area contributed by atoms with Crippen molar-refractivity contribution in [1.29, 1.82) is 0 Å². The minimum Gasteiger partial charge on any atom is -0.487 e. The standard InChI is InChI=1S/C36H49ClN2O7S/c1-25-7-6-9-33(44-3)31-14-11-28(31)23-39-17-5-4-8-26-21-30(37)13-10-29(26)24-46-34-15-12-27(22-32(34)39)36(40)38-47(41,42)35(25)16-18-45-20-19-43-2/h6,9-10,12-13,15,21-22,25,28,31,33,35H,4-5,7-8,11,14,16-20,23-24H2,1-3H3,(H,38,40)/b9-6+/t25-,28-,31+,33-,35?/m0/s1. The van der Waals surface area contributed by atoms with Gasteiger partial charge in [0.1, 0.15) is 12.4 Å². The smallest absolute Gasteiger partial charge is 0.264 e. The van der Waals surface area contributed by atoms with E-state index in [1.54, 1.807) is 32.4 Å². The summed E-state index contributed by atoms with van der Waals surface area (Å²) in [5.41, 5.74) is 3.33. The maximum absolute atomic E-state index is 13.8. The fraction of sp³-hybridized carbons (Fsp3) is 0.583. The van der Waals surface area contributed by atoms with Crippen LogP contribution in [0.5, 0.6) is 5.75 Å². The molecule has 5 rings (SSSR count). The zero-order valence-corrected chi connectivity index (χ0v) is 29.4. The highest BCUT2D eigenvalue weighted by molar-refractivity contribution is 7.90. The summed E-state index contributed by atoms with van der Waals surface area (Å²) in [4.78, 5) is 16.0. The topological polar surface area (TPSA) is 103 Å². The molecule has 9 nitrogen and oxygen atoms in total. The van der Waals surface area contributed by atoms with Crippen LogP contribution in [0.25, 0.3) is 0 Å². The van der Waals surface area contributed by atoms with E-state index in [2.05, 4.69) is 15.7 Å². The molecule has 1 aliphatic carbocycles. The van der Waals surface area contributed by atoms with E-state index in [0.29, 0.717) is 48.8 Å². The summed E-state index contributed by atoms with van der Waals surface area (Å²) < 4.78 is 53.2. The van der Waals surface area contributed by atoms with Crippen LogP contribution in [0.4, 0.5) is 5.69 Å². The van der Waals surface area contributed by atoms with Crippen molar-refractivity contribution in [3.63, 3.8) is 0 Å². The lowest BCUT2D eigenvalue weighted by Gasteiger charge is -2.43. The van der Waals surface area contributed by atoms with Crippen LogP contribution in [0.15, 0.2) is 48.6 Å². The molecule has 258 valence electrons. The third kappa shape index (κ3) is 9.09. The van der Waals surface area contributed by atoms with Crippen LogP contribution in [0.3, 0.4) is 0 Å². The van der Waals surface area contributed by atoms with E-state index in [-0.39, 0.29) is 30.6 Å². The molecular weight excluding hydrogens is 640 g/mol. The van der Waals surface area contributed by atoms with Crippen molar-refractivity contribution in [3.05, 3.63) is 70.3 Å². The second kappa shape index (κ2) is 16.7. The van der Waals surface area contributed by atoms with Gasteiger partial charge in [0, 0.05) is 44.5 Å². The fourth-order valence-electron chi connectivity index (χ4n) is 7.04. The molecule has 2 aromatic rings. The van der Waals surface area contributed by atoms with Gasteiger partial charge in [0.15, 0.2) is 0 Å². The molecule has 0 aromatic heterocycles. The van der Waals surface area contributed by atoms with Gasteiger partial charge in [-0.05, 0) is 104 Å². The summed E-state index contributed by atoms with van der Waals surface area (Å²) in [6.45, 7) is 4.87. The number of nitrogens with zero attached hydrogens (tertiary/aromatic N) is 1. The molecule has 2 bridgehead atoms. The number of ether oxygens (including phenoxy) is 4. The highest BCUT2D eigenvalue weighted by Crippen LogP contribution is 2.41. The molecule has 2 heterocycles. The number of hydrogen-bond donors (Lipinski definition) is 1. The van der Waals surface area contributed by atoms with Crippen molar-refractivity contribution in [3.8, 4) is 5.75 Å². The van der Waals surface area contributed by atoms with Crippen molar-refractivity contribution in [2.45, 2.75) is 69.8 Å². The molecule has 47 heavy (non-hydrogen) atoms. The molecule has 1 unspecified atom stereocenters. The van der Waals surface area contributed by atoms with Crippen LogP contribution in [-0.2, 0) is 37.3 Å². The number of aryl methyl sites for hydroxylation is 1. The van der Waals surface area contributed by atoms with E-state index in [4.69, 9.17) is 30.5 Å². The number of fused-ring (bicyclic) bond motifs is 3. The molecule has 2 aliphatic heterocycles. The maximum atomic E-state index is 13.8. The predicted octanol–water partition coefficient (Wildman–Crippen LogP) is 6.18. The Bertz CT molecular complexity index is 1500. The first-order chi connectivity index (χ1) is 22.7. The van der Waals surface area contributed by atoms with E-state index in [9.17, 15) is 13.2 Å². The molecular formula is C36H49ClN2O7S. The summed E-state index contributed by atoms with van der Waals surface area (Å²) in [6, 6.07) is 11.2. The number of carbonyl (C=O) groups is 1. The van der Waals surface area contributed by atoms with Gasteiger partial charge in [-0.2, -0.15) is 0 Å². The van der Waals surface area contributed by atoms with Gasteiger partial charge in [0.25, 0.3) is 5.91 Å². The largest absolute Gasteiger partial charge is 0.487 e. The monoisotopic (exact) mass is 688 g/mol. The second-order valence-corrected chi connectivity index (χ2v) is 15.4. The number of carbonyl (C=O) groups excluding carboxylic acids is 1. The number of halogens is 1. The Morgan fingerprint density at radius 3 is 2.66 bits per heavy atom. The number of hydrogen-bond acceptors (Lipinski definition) is 8. The molecule has 0 spiro atoms. The Hall–Kier alpha value is -2.63.